The number of hydrogen-bond donors (Lipinski definition) is 1. The molecule has 0 aliphatic heterocycles. The van der Waals surface area contributed by atoms with Gasteiger partial charge >= 0.3 is 0 Å². The molecule has 0 bridgehead atoms. The number of hydrogen-bond acceptors (Lipinski definition) is 3. The fraction of sp³-hybridized carbons (Fsp3) is 0. The van der Waals surface area contributed by atoms with Crippen molar-refractivity contribution < 1.29 is 17.6 Å². The molecule has 106 valence electrons. The molecule has 3 nitrogen and oxygen atoms in total. The quantitative estimate of drug-likeness (QED) is 0.574. The van der Waals surface area contributed by atoms with Crippen LogP contribution in [0.5, 0.6) is 0 Å². The molecule has 0 atom stereocenters. The molecule has 0 aliphatic carbocycles. The smallest absolute Gasteiger partial charge is 0.253 e. The van der Waals surface area contributed by atoms with Gasteiger partial charge in [-0.1, -0.05) is 18.2 Å². The molecule has 21 heavy (non-hydrogen) atoms. The maximum atomic E-state index is 13.6. The molecule has 0 radical (unpaired) electrons. The zero-order valence-electron chi connectivity index (χ0n) is 10.4. The van der Waals surface area contributed by atoms with Crippen LogP contribution in [0, 0.1) is 23.5 Å². The summed E-state index contributed by atoms with van der Waals surface area (Å²) < 4.78 is 53.4. The number of benzene rings is 1. The average Bonchev–Trinajstić information content (AvgIpc) is 2.50. The second kappa shape index (κ2) is 5.01. The Balaban J connectivity index is 2.16. The van der Waals surface area contributed by atoms with E-state index in [4.69, 9.17) is 0 Å². The summed E-state index contributed by atoms with van der Waals surface area (Å²) in [5, 5.41) is 3.04. The number of pyridine rings is 2. The minimum atomic E-state index is -1.72. The van der Waals surface area contributed by atoms with Crippen LogP contribution in [0.4, 0.5) is 28.9 Å². The van der Waals surface area contributed by atoms with Gasteiger partial charge in [-0.15, -0.1) is 0 Å². The molecule has 0 saturated carbocycles. The molecule has 1 N–H and O–H groups in total. The van der Waals surface area contributed by atoms with E-state index >= 15 is 0 Å². The highest BCUT2D eigenvalue weighted by molar-refractivity contribution is 5.91. The molecular formula is C14H7F4N3. The van der Waals surface area contributed by atoms with Gasteiger partial charge in [0.25, 0.3) is 11.9 Å². The molecule has 0 spiro atoms. The van der Waals surface area contributed by atoms with Crippen molar-refractivity contribution in [1.29, 1.82) is 0 Å². The standard InChI is InChI=1S/C14H7F4N3/c15-9-12(10(16)14(18)21-13(9)17)20-8-5-1-3-7-4-2-6-19-11(7)8/h1-6H,(H,20,21). The molecule has 2 aromatic heterocycles. The van der Waals surface area contributed by atoms with Crippen molar-refractivity contribution in [2.75, 3.05) is 5.32 Å². The highest BCUT2D eigenvalue weighted by atomic mass is 19.2. The van der Waals surface area contributed by atoms with E-state index in [1.165, 1.54) is 12.3 Å². The van der Waals surface area contributed by atoms with Gasteiger partial charge < -0.3 is 5.32 Å². The van der Waals surface area contributed by atoms with Crippen LogP contribution in [-0.4, -0.2) is 9.97 Å². The maximum absolute atomic E-state index is 13.6. The summed E-state index contributed by atoms with van der Waals surface area (Å²) in [7, 11) is 0. The molecule has 3 rings (SSSR count). The Hall–Kier alpha value is -2.70. The van der Waals surface area contributed by atoms with Gasteiger partial charge in [0, 0.05) is 11.6 Å². The van der Waals surface area contributed by atoms with Gasteiger partial charge in [0.15, 0.2) is 0 Å². The van der Waals surface area contributed by atoms with Crippen LogP contribution < -0.4 is 5.32 Å². The molecule has 0 unspecified atom stereocenters. The van der Waals surface area contributed by atoms with Gasteiger partial charge in [0.1, 0.15) is 5.69 Å². The number of fused-ring (bicyclic) bond motifs is 1. The number of rotatable bonds is 2. The van der Waals surface area contributed by atoms with Crippen molar-refractivity contribution in [2.45, 2.75) is 0 Å². The van der Waals surface area contributed by atoms with Crippen molar-refractivity contribution in [3.63, 3.8) is 0 Å². The third-order valence-corrected chi connectivity index (χ3v) is 2.89. The van der Waals surface area contributed by atoms with Crippen LogP contribution in [0.2, 0.25) is 0 Å². The van der Waals surface area contributed by atoms with E-state index < -0.39 is 29.2 Å². The number of halogens is 4. The molecule has 7 heteroatoms. The Bertz CT molecular complexity index is 804. The zero-order valence-corrected chi connectivity index (χ0v) is 10.4. The summed E-state index contributed by atoms with van der Waals surface area (Å²) in [4.78, 5) is 6.57. The van der Waals surface area contributed by atoms with E-state index in [0.717, 1.165) is 0 Å². The van der Waals surface area contributed by atoms with Crippen LogP contribution in [-0.2, 0) is 0 Å². The molecular weight excluding hydrogens is 286 g/mol. The van der Waals surface area contributed by atoms with Crippen LogP contribution in [0.1, 0.15) is 0 Å². The Labute approximate surface area is 116 Å². The third-order valence-electron chi connectivity index (χ3n) is 2.89. The Morgan fingerprint density at radius 1 is 0.857 bits per heavy atom. The van der Waals surface area contributed by atoms with Gasteiger partial charge in [-0.05, 0) is 12.1 Å². The number of aromatic nitrogens is 2. The monoisotopic (exact) mass is 293 g/mol. The average molecular weight is 293 g/mol. The van der Waals surface area contributed by atoms with Gasteiger partial charge in [0.05, 0.1) is 11.2 Å². The van der Waals surface area contributed by atoms with E-state index in [0.29, 0.717) is 10.9 Å². The first kappa shape index (κ1) is 13.3. The first-order chi connectivity index (χ1) is 10.1. The SMILES string of the molecule is Fc1nc(F)c(F)c(Nc2cccc3cccnc23)c1F. The number of para-hydroxylation sites is 1. The van der Waals surface area contributed by atoms with E-state index in [2.05, 4.69) is 15.3 Å². The fourth-order valence-corrected chi connectivity index (χ4v) is 1.94. The van der Waals surface area contributed by atoms with E-state index in [9.17, 15) is 17.6 Å². The van der Waals surface area contributed by atoms with Gasteiger partial charge in [-0.3, -0.25) is 4.98 Å². The summed E-state index contributed by atoms with van der Waals surface area (Å²) in [6.45, 7) is 0. The lowest BCUT2D eigenvalue weighted by Crippen LogP contribution is -2.06. The molecule has 0 saturated heterocycles. The van der Waals surface area contributed by atoms with E-state index in [-0.39, 0.29) is 5.69 Å². The van der Waals surface area contributed by atoms with Crippen LogP contribution in [0.25, 0.3) is 10.9 Å². The highest BCUT2D eigenvalue weighted by Gasteiger charge is 2.21. The third kappa shape index (κ3) is 2.26. The largest absolute Gasteiger partial charge is 0.349 e. The summed E-state index contributed by atoms with van der Waals surface area (Å²) in [6, 6.07) is 8.29. The summed E-state index contributed by atoms with van der Waals surface area (Å²) in [5.41, 5.74) is -0.314. The Morgan fingerprint density at radius 3 is 2.24 bits per heavy atom. The minimum absolute atomic E-state index is 0.218. The molecule has 0 fully saturated rings. The molecule has 3 aromatic rings. The zero-order chi connectivity index (χ0) is 15.0. The first-order valence-corrected chi connectivity index (χ1v) is 5.88. The topological polar surface area (TPSA) is 37.8 Å². The number of nitrogens with one attached hydrogen (secondary N) is 1. The van der Waals surface area contributed by atoms with Crippen LogP contribution in [0.15, 0.2) is 36.5 Å². The van der Waals surface area contributed by atoms with Crippen molar-refractivity contribution in [3.05, 3.63) is 60.1 Å². The second-order valence-electron chi connectivity index (χ2n) is 4.20. The van der Waals surface area contributed by atoms with Gasteiger partial charge in [-0.2, -0.15) is 22.5 Å². The minimum Gasteiger partial charge on any atom is -0.349 e. The van der Waals surface area contributed by atoms with Crippen molar-refractivity contribution >= 4 is 22.3 Å². The highest BCUT2D eigenvalue weighted by Crippen LogP contribution is 2.29. The lowest BCUT2D eigenvalue weighted by molar-refractivity contribution is 0.411. The van der Waals surface area contributed by atoms with Crippen molar-refractivity contribution in [3.8, 4) is 0 Å². The number of nitrogens with zero attached hydrogens (tertiary/aromatic N) is 2. The van der Waals surface area contributed by atoms with Gasteiger partial charge in [0.2, 0.25) is 11.6 Å². The summed E-state index contributed by atoms with van der Waals surface area (Å²) in [5.74, 6) is -6.63. The maximum Gasteiger partial charge on any atom is 0.253 e. The summed E-state index contributed by atoms with van der Waals surface area (Å²) >= 11 is 0. The molecule has 0 amide bonds. The van der Waals surface area contributed by atoms with Crippen molar-refractivity contribution in [1.82, 2.24) is 9.97 Å². The number of anilines is 2. The Morgan fingerprint density at radius 2 is 1.52 bits per heavy atom. The van der Waals surface area contributed by atoms with Gasteiger partial charge in [-0.25, -0.2) is 0 Å². The van der Waals surface area contributed by atoms with Crippen molar-refractivity contribution in [2.24, 2.45) is 0 Å². The first-order valence-electron chi connectivity index (χ1n) is 5.88. The predicted molar refractivity (Wildman–Crippen MR) is 69.1 cm³/mol. The predicted octanol–water partition coefficient (Wildman–Crippen LogP) is 3.93. The molecule has 2 heterocycles. The van der Waals surface area contributed by atoms with Crippen LogP contribution >= 0.6 is 0 Å². The molecule has 1 aromatic carbocycles. The summed E-state index contributed by atoms with van der Waals surface area (Å²) in [6.07, 6.45) is 1.49. The second-order valence-corrected chi connectivity index (χ2v) is 4.20. The normalized spacial score (nSPS) is 10.9. The lowest BCUT2D eigenvalue weighted by atomic mass is 10.2. The van der Waals surface area contributed by atoms with Crippen LogP contribution in [0.3, 0.4) is 0 Å². The fourth-order valence-electron chi connectivity index (χ4n) is 1.94. The van der Waals surface area contributed by atoms with E-state index in [1.807, 2.05) is 0 Å². The molecule has 0 aliphatic rings. The van der Waals surface area contributed by atoms with E-state index in [1.54, 1.807) is 24.3 Å². The Kier molecular flexibility index (Phi) is 3.17. The lowest BCUT2D eigenvalue weighted by Gasteiger charge is -2.11.